The Labute approximate surface area is 134 Å². The molecule has 0 unspecified atom stereocenters. The fourth-order valence-electron chi connectivity index (χ4n) is 1.46. The van der Waals surface area contributed by atoms with Crippen molar-refractivity contribution in [1.29, 1.82) is 0 Å². The van der Waals surface area contributed by atoms with Crippen LogP contribution in [0.25, 0.3) is 0 Å². The molecule has 0 saturated carbocycles. The molecule has 0 bridgehead atoms. The van der Waals surface area contributed by atoms with Gasteiger partial charge >= 0.3 is 11.8 Å². The number of ether oxygens (including phenoxy) is 1. The van der Waals surface area contributed by atoms with Crippen molar-refractivity contribution >= 4 is 29.6 Å². The highest BCUT2D eigenvalue weighted by atomic mass is 35.5. The summed E-state index contributed by atoms with van der Waals surface area (Å²) in [6.07, 6.45) is 2.17. The lowest BCUT2D eigenvalue weighted by Crippen LogP contribution is -2.38. The minimum Gasteiger partial charge on any atom is -0.379 e. The molecule has 0 saturated heterocycles. The van der Waals surface area contributed by atoms with Crippen LogP contribution >= 0.6 is 11.6 Å². The first-order valence-corrected chi connectivity index (χ1v) is 7.36. The van der Waals surface area contributed by atoms with E-state index in [1.165, 1.54) is 6.21 Å². The largest absolute Gasteiger partial charge is 0.379 e. The zero-order chi connectivity index (χ0) is 16.4. The number of nitrogens with zero attached hydrogens (tertiary/aromatic N) is 1. The van der Waals surface area contributed by atoms with E-state index in [1.54, 1.807) is 24.3 Å². The molecule has 1 aromatic carbocycles. The van der Waals surface area contributed by atoms with Crippen molar-refractivity contribution in [2.24, 2.45) is 5.10 Å². The standard InChI is InChI=1S/C15H20ClN3O3/c1-11(2)22-9-5-8-17-14(20)15(21)19-18-10-12-6-3-4-7-13(12)16/h3-4,6-7,10-11H,5,8-9H2,1-2H3,(H,17,20)(H,19,21)/b18-10-. The van der Waals surface area contributed by atoms with E-state index in [0.717, 1.165) is 0 Å². The van der Waals surface area contributed by atoms with Crippen molar-refractivity contribution in [2.45, 2.75) is 26.4 Å². The zero-order valence-corrected chi connectivity index (χ0v) is 13.4. The monoisotopic (exact) mass is 325 g/mol. The molecule has 6 nitrogen and oxygen atoms in total. The molecule has 0 heterocycles. The molecule has 2 amide bonds. The van der Waals surface area contributed by atoms with Crippen molar-refractivity contribution in [2.75, 3.05) is 13.2 Å². The van der Waals surface area contributed by atoms with Gasteiger partial charge in [0.2, 0.25) is 0 Å². The number of rotatable bonds is 7. The fourth-order valence-corrected chi connectivity index (χ4v) is 1.65. The van der Waals surface area contributed by atoms with E-state index in [1.807, 2.05) is 13.8 Å². The van der Waals surface area contributed by atoms with Gasteiger partial charge in [-0.3, -0.25) is 9.59 Å². The van der Waals surface area contributed by atoms with Gasteiger partial charge in [-0.15, -0.1) is 0 Å². The lowest BCUT2D eigenvalue weighted by Gasteiger charge is -2.07. The Balaban J connectivity index is 2.27. The summed E-state index contributed by atoms with van der Waals surface area (Å²) in [7, 11) is 0. The molecule has 0 atom stereocenters. The second kappa shape index (κ2) is 9.92. The number of halogens is 1. The Bertz CT molecular complexity index is 533. The topological polar surface area (TPSA) is 79.8 Å². The molecule has 7 heteroatoms. The maximum atomic E-state index is 11.5. The van der Waals surface area contributed by atoms with Crippen molar-refractivity contribution in [3.63, 3.8) is 0 Å². The third kappa shape index (κ3) is 7.19. The number of nitrogens with one attached hydrogen (secondary N) is 2. The highest BCUT2D eigenvalue weighted by Gasteiger charge is 2.11. The van der Waals surface area contributed by atoms with Gasteiger partial charge in [-0.25, -0.2) is 5.43 Å². The van der Waals surface area contributed by atoms with Crippen LogP contribution in [0, 0.1) is 0 Å². The van der Waals surface area contributed by atoms with Gasteiger partial charge < -0.3 is 10.1 Å². The van der Waals surface area contributed by atoms with Gasteiger partial charge in [0.25, 0.3) is 0 Å². The average molecular weight is 326 g/mol. The smallest absolute Gasteiger partial charge is 0.329 e. The van der Waals surface area contributed by atoms with Gasteiger partial charge in [-0.2, -0.15) is 5.10 Å². The first kappa shape index (κ1) is 18.1. The summed E-state index contributed by atoms with van der Waals surface area (Å²) in [5, 5.41) is 6.69. The van der Waals surface area contributed by atoms with E-state index in [4.69, 9.17) is 16.3 Å². The first-order valence-electron chi connectivity index (χ1n) is 6.98. The highest BCUT2D eigenvalue weighted by Crippen LogP contribution is 2.11. The Morgan fingerprint density at radius 3 is 2.73 bits per heavy atom. The number of carbonyl (C=O) groups excluding carboxylic acids is 2. The number of benzene rings is 1. The van der Waals surface area contributed by atoms with Crippen LogP contribution in [-0.2, 0) is 14.3 Å². The van der Waals surface area contributed by atoms with Crippen molar-refractivity contribution < 1.29 is 14.3 Å². The van der Waals surface area contributed by atoms with Crippen LogP contribution in [0.4, 0.5) is 0 Å². The van der Waals surface area contributed by atoms with Crippen LogP contribution in [0.1, 0.15) is 25.8 Å². The first-order chi connectivity index (χ1) is 10.5. The van der Waals surface area contributed by atoms with Gasteiger partial charge in [-0.05, 0) is 26.3 Å². The second-order valence-corrected chi connectivity index (χ2v) is 5.16. The van der Waals surface area contributed by atoms with Gasteiger partial charge in [0.05, 0.1) is 12.3 Å². The van der Waals surface area contributed by atoms with Crippen LogP contribution in [0.15, 0.2) is 29.4 Å². The van der Waals surface area contributed by atoms with Crippen LogP contribution in [0.2, 0.25) is 5.02 Å². The number of hydrogen-bond acceptors (Lipinski definition) is 4. The van der Waals surface area contributed by atoms with E-state index in [2.05, 4.69) is 15.8 Å². The fraction of sp³-hybridized carbons (Fsp3) is 0.400. The maximum Gasteiger partial charge on any atom is 0.329 e. The van der Waals surface area contributed by atoms with Crippen LogP contribution in [0.3, 0.4) is 0 Å². The van der Waals surface area contributed by atoms with Gasteiger partial charge in [0.1, 0.15) is 0 Å². The van der Waals surface area contributed by atoms with E-state index < -0.39 is 11.8 Å². The molecule has 120 valence electrons. The maximum absolute atomic E-state index is 11.5. The molecular weight excluding hydrogens is 306 g/mol. The van der Waals surface area contributed by atoms with Crippen molar-refractivity contribution in [3.05, 3.63) is 34.9 Å². The van der Waals surface area contributed by atoms with E-state index in [9.17, 15) is 9.59 Å². The minimum atomic E-state index is -0.826. The Morgan fingerprint density at radius 2 is 2.05 bits per heavy atom. The lowest BCUT2D eigenvalue weighted by atomic mass is 10.2. The molecule has 1 aromatic rings. The van der Waals surface area contributed by atoms with Crippen molar-refractivity contribution in [1.82, 2.24) is 10.7 Å². The normalized spacial score (nSPS) is 10.9. The molecule has 22 heavy (non-hydrogen) atoms. The molecule has 0 radical (unpaired) electrons. The predicted octanol–water partition coefficient (Wildman–Crippen LogP) is 1.72. The van der Waals surface area contributed by atoms with Gasteiger partial charge in [-0.1, -0.05) is 29.8 Å². The highest BCUT2D eigenvalue weighted by molar-refractivity contribution is 6.35. The number of hydrazone groups is 1. The molecule has 0 aliphatic heterocycles. The predicted molar refractivity (Wildman–Crippen MR) is 85.9 cm³/mol. The van der Waals surface area contributed by atoms with Gasteiger partial charge in [0.15, 0.2) is 0 Å². The SMILES string of the molecule is CC(C)OCCCNC(=O)C(=O)N/N=C\c1ccccc1Cl. The summed E-state index contributed by atoms with van der Waals surface area (Å²) in [5.74, 6) is -1.56. The molecule has 0 spiro atoms. The molecule has 0 aromatic heterocycles. The van der Waals surface area contributed by atoms with Crippen LogP contribution in [0.5, 0.6) is 0 Å². The van der Waals surface area contributed by atoms with E-state index >= 15 is 0 Å². The summed E-state index contributed by atoms with van der Waals surface area (Å²) < 4.78 is 5.32. The average Bonchev–Trinajstić information content (AvgIpc) is 2.48. The number of hydrogen-bond donors (Lipinski definition) is 2. The molecule has 0 aliphatic rings. The molecule has 0 aliphatic carbocycles. The van der Waals surface area contributed by atoms with E-state index in [-0.39, 0.29) is 6.10 Å². The quantitative estimate of drug-likeness (QED) is 0.347. The Kier molecular flexibility index (Phi) is 8.17. The Morgan fingerprint density at radius 1 is 1.32 bits per heavy atom. The summed E-state index contributed by atoms with van der Waals surface area (Å²) >= 11 is 5.93. The second-order valence-electron chi connectivity index (χ2n) is 4.75. The summed E-state index contributed by atoms with van der Waals surface area (Å²) in [6.45, 7) is 4.77. The van der Waals surface area contributed by atoms with Crippen LogP contribution in [-0.4, -0.2) is 37.3 Å². The molecular formula is C15H20ClN3O3. The number of amides is 2. The third-order valence-electron chi connectivity index (χ3n) is 2.54. The third-order valence-corrected chi connectivity index (χ3v) is 2.88. The Hall–Kier alpha value is -1.92. The van der Waals surface area contributed by atoms with E-state index in [0.29, 0.717) is 30.2 Å². The zero-order valence-electron chi connectivity index (χ0n) is 12.6. The molecule has 0 fully saturated rings. The molecule has 2 N–H and O–H groups in total. The summed E-state index contributed by atoms with van der Waals surface area (Å²) in [6, 6.07) is 7.03. The molecule has 1 rings (SSSR count). The van der Waals surface area contributed by atoms with Crippen molar-refractivity contribution in [3.8, 4) is 0 Å². The summed E-state index contributed by atoms with van der Waals surface area (Å²) in [5.41, 5.74) is 2.79. The number of carbonyl (C=O) groups is 2. The van der Waals surface area contributed by atoms with Crippen LogP contribution < -0.4 is 10.7 Å². The van der Waals surface area contributed by atoms with Gasteiger partial charge in [0, 0.05) is 23.7 Å². The lowest BCUT2D eigenvalue weighted by molar-refractivity contribution is -0.139. The summed E-state index contributed by atoms with van der Waals surface area (Å²) in [4.78, 5) is 23.0. The minimum absolute atomic E-state index is 0.151.